The predicted octanol–water partition coefficient (Wildman–Crippen LogP) is 4.85. The Hall–Kier alpha value is -4.47. The molecule has 3 heterocycles. The monoisotopic (exact) mass is 504 g/mol. The normalized spacial score (nSPS) is 12.6. The average molecular weight is 505 g/mol. The van der Waals surface area contributed by atoms with Crippen LogP contribution in [0, 0.1) is 19.7 Å². The van der Waals surface area contributed by atoms with E-state index in [9.17, 15) is 14.7 Å². The zero-order valence-electron chi connectivity index (χ0n) is 20.4. The van der Waals surface area contributed by atoms with Gasteiger partial charge in [0.25, 0.3) is 0 Å². The summed E-state index contributed by atoms with van der Waals surface area (Å²) in [6, 6.07) is 12.1. The van der Waals surface area contributed by atoms with Crippen LogP contribution in [0.15, 0.2) is 42.5 Å². The molecule has 10 heteroatoms. The smallest absolute Gasteiger partial charge is 0.413 e. The van der Waals surface area contributed by atoms with Gasteiger partial charge < -0.3 is 14.6 Å². The van der Waals surface area contributed by atoms with Crippen LogP contribution in [0.2, 0.25) is 0 Å². The third-order valence-corrected chi connectivity index (χ3v) is 6.37. The highest BCUT2D eigenvalue weighted by atomic mass is 19.1. The first-order valence-electron chi connectivity index (χ1n) is 11.9. The molecule has 190 valence electrons. The lowest BCUT2D eigenvalue weighted by Crippen LogP contribution is -2.15. The van der Waals surface area contributed by atoms with E-state index in [1.165, 1.54) is 10.6 Å². The number of carboxylic acid groups (broad SMARTS) is 1. The van der Waals surface area contributed by atoms with Crippen molar-refractivity contribution in [1.29, 1.82) is 0 Å². The molecule has 0 bridgehead atoms. The number of aryl methyl sites for hydroxylation is 1. The fourth-order valence-corrected chi connectivity index (χ4v) is 4.62. The minimum Gasteiger partial charge on any atom is -0.490 e. The van der Waals surface area contributed by atoms with Gasteiger partial charge in [0, 0.05) is 28.5 Å². The van der Waals surface area contributed by atoms with Crippen molar-refractivity contribution in [2.24, 2.45) is 0 Å². The number of benzene rings is 2. The highest BCUT2D eigenvalue weighted by Crippen LogP contribution is 2.39. The molecule has 2 aromatic carbocycles. The van der Waals surface area contributed by atoms with E-state index < -0.39 is 17.9 Å². The molecule has 0 radical (unpaired) electrons. The van der Waals surface area contributed by atoms with Crippen molar-refractivity contribution in [3.63, 3.8) is 0 Å². The Labute approximate surface area is 211 Å². The number of aliphatic carboxylic acids is 1. The minimum atomic E-state index is -1.06. The summed E-state index contributed by atoms with van der Waals surface area (Å²) in [4.78, 5) is 28.7. The number of hydrogen-bond acceptors (Lipinski definition) is 6. The number of amides is 1. The van der Waals surface area contributed by atoms with Gasteiger partial charge in [0.2, 0.25) is 0 Å². The van der Waals surface area contributed by atoms with Crippen molar-refractivity contribution >= 4 is 23.5 Å². The molecular weight excluding hydrogens is 479 g/mol. The number of carbonyl (C=O) groups is 2. The largest absolute Gasteiger partial charge is 0.490 e. The summed E-state index contributed by atoms with van der Waals surface area (Å²) in [5.41, 5.74) is 4.50. The average Bonchev–Trinajstić information content (AvgIpc) is 3.27. The number of nitrogens with zero attached hydrogens (tertiary/aromatic N) is 3. The van der Waals surface area contributed by atoms with Crippen molar-refractivity contribution in [3.05, 3.63) is 76.2 Å². The van der Waals surface area contributed by atoms with Gasteiger partial charge in [-0.1, -0.05) is 30.3 Å². The van der Waals surface area contributed by atoms with Crippen LogP contribution in [0.1, 0.15) is 34.4 Å². The van der Waals surface area contributed by atoms with Gasteiger partial charge in [0.05, 0.1) is 18.7 Å². The first kappa shape index (κ1) is 24.2. The lowest BCUT2D eigenvalue weighted by molar-refractivity contribution is -0.136. The molecule has 0 unspecified atom stereocenters. The second-order valence-electron chi connectivity index (χ2n) is 8.87. The molecular formula is C27H25FN4O5. The Morgan fingerprint density at radius 1 is 1.22 bits per heavy atom. The molecule has 2 aromatic heterocycles. The number of carbonyl (C=O) groups excluding carboxylic acids is 1. The summed E-state index contributed by atoms with van der Waals surface area (Å²) in [7, 11) is 0. The van der Waals surface area contributed by atoms with Crippen molar-refractivity contribution in [2.45, 2.75) is 39.7 Å². The van der Waals surface area contributed by atoms with Crippen LogP contribution in [0.25, 0.3) is 16.9 Å². The summed E-state index contributed by atoms with van der Waals surface area (Å²) < 4.78 is 27.4. The van der Waals surface area contributed by atoms with Crippen LogP contribution in [-0.2, 0) is 29.0 Å². The van der Waals surface area contributed by atoms with Crippen LogP contribution < -0.4 is 10.1 Å². The maximum atomic E-state index is 15.1. The molecule has 0 aliphatic carbocycles. The number of ether oxygens (including phenoxy) is 2. The van der Waals surface area contributed by atoms with E-state index in [2.05, 4.69) is 15.4 Å². The van der Waals surface area contributed by atoms with E-state index in [0.29, 0.717) is 41.2 Å². The molecule has 1 aliphatic heterocycles. The third-order valence-electron chi connectivity index (χ3n) is 6.37. The molecule has 0 atom stereocenters. The molecule has 0 spiro atoms. The maximum absolute atomic E-state index is 15.1. The lowest BCUT2D eigenvalue weighted by Gasteiger charge is -2.23. The van der Waals surface area contributed by atoms with Crippen LogP contribution >= 0.6 is 0 Å². The van der Waals surface area contributed by atoms with Crippen LogP contribution in [0.4, 0.5) is 15.0 Å². The number of aromatic nitrogens is 3. The molecule has 1 amide bonds. The topological polar surface area (TPSA) is 115 Å². The molecule has 5 rings (SSSR count). The zero-order chi connectivity index (χ0) is 26.1. The summed E-state index contributed by atoms with van der Waals surface area (Å²) in [6.45, 7) is 4.09. The fraction of sp³-hybridized carbons (Fsp3) is 0.259. The molecule has 0 fully saturated rings. The van der Waals surface area contributed by atoms with Gasteiger partial charge in [-0.15, -0.1) is 5.10 Å². The highest BCUT2D eigenvalue weighted by Gasteiger charge is 2.26. The third kappa shape index (κ3) is 4.82. The number of halogens is 1. The highest BCUT2D eigenvalue weighted by molar-refractivity contribution is 5.85. The number of anilines is 1. The summed E-state index contributed by atoms with van der Waals surface area (Å²) in [6.07, 6.45) is 0.363. The molecule has 4 aromatic rings. The second-order valence-corrected chi connectivity index (χ2v) is 8.87. The predicted molar refractivity (Wildman–Crippen MR) is 133 cm³/mol. The van der Waals surface area contributed by atoms with E-state index in [4.69, 9.17) is 9.47 Å². The van der Waals surface area contributed by atoms with Gasteiger partial charge in [-0.25, -0.2) is 18.7 Å². The summed E-state index contributed by atoms with van der Waals surface area (Å²) in [5.74, 6) is -1.18. The van der Waals surface area contributed by atoms with E-state index in [0.717, 1.165) is 23.1 Å². The van der Waals surface area contributed by atoms with Crippen molar-refractivity contribution in [3.8, 4) is 17.0 Å². The Morgan fingerprint density at radius 3 is 2.76 bits per heavy atom. The molecule has 1 aliphatic rings. The standard InChI is InChI=1S/C27H25FN4O5/c1-15-18-9-6-10-36-26(18)21(28)11-19(15)25-20(12-24(33)34)16(2)29-23-13-22(31-32(23)25)30-27(35)37-14-17-7-4-3-5-8-17/h3-5,7-8,11,13H,6,9-10,12,14H2,1-2H3,(H,33,34)(H,30,31,35). The quantitative estimate of drug-likeness (QED) is 0.386. The zero-order valence-corrected chi connectivity index (χ0v) is 20.4. The minimum absolute atomic E-state index is 0.0844. The van der Waals surface area contributed by atoms with Crippen molar-refractivity contribution in [2.75, 3.05) is 11.9 Å². The summed E-state index contributed by atoms with van der Waals surface area (Å²) in [5, 5.41) is 16.7. The molecule has 37 heavy (non-hydrogen) atoms. The first-order valence-corrected chi connectivity index (χ1v) is 11.9. The molecule has 9 nitrogen and oxygen atoms in total. The Morgan fingerprint density at radius 2 is 2.00 bits per heavy atom. The van der Waals surface area contributed by atoms with Crippen LogP contribution in [0.5, 0.6) is 5.75 Å². The Balaban J connectivity index is 1.57. The fourth-order valence-electron chi connectivity index (χ4n) is 4.62. The summed E-state index contributed by atoms with van der Waals surface area (Å²) >= 11 is 0. The Kier molecular flexibility index (Phi) is 6.47. The second kappa shape index (κ2) is 9.88. The molecule has 0 saturated heterocycles. The van der Waals surface area contributed by atoms with Gasteiger partial charge in [-0.3, -0.25) is 10.1 Å². The molecule has 2 N–H and O–H groups in total. The van der Waals surface area contributed by atoms with E-state index in [1.807, 2.05) is 37.3 Å². The van der Waals surface area contributed by atoms with Crippen molar-refractivity contribution in [1.82, 2.24) is 14.6 Å². The van der Waals surface area contributed by atoms with Gasteiger partial charge in [0.1, 0.15) is 6.61 Å². The number of carboxylic acids is 1. The van der Waals surface area contributed by atoms with E-state index in [1.54, 1.807) is 13.0 Å². The van der Waals surface area contributed by atoms with Gasteiger partial charge in [0.15, 0.2) is 23.0 Å². The van der Waals surface area contributed by atoms with Crippen LogP contribution in [0.3, 0.4) is 0 Å². The number of fused-ring (bicyclic) bond motifs is 2. The SMILES string of the molecule is Cc1nc2cc(NC(=O)OCc3ccccc3)nn2c(-c2cc(F)c3c(c2C)CCCO3)c1CC(=O)O. The van der Waals surface area contributed by atoms with Gasteiger partial charge in [-0.2, -0.15) is 0 Å². The number of nitrogens with one attached hydrogen (secondary N) is 1. The molecule has 0 saturated carbocycles. The van der Waals surface area contributed by atoms with E-state index in [-0.39, 0.29) is 24.6 Å². The van der Waals surface area contributed by atoms with Crippen molar-refractivity contribution < 1.29 is 28.6 Å². The Bertz CT molecular complexity index is 1520. The lowest BCUT2D eigenvalue weighted by atomic mass is 9.91. The van der Waals surface area contributed by atoms with Gasteiger partial charge in [-0.05, 0) is 43.9 Å². The number of hydrogen-bond donors (Lipinski definition) is 2. The van der Waals surface area contributed by atoms with Gasteiger partial charge >= 0.3 is 12.1 Å². The first-order chi connectivity index (χ1) is 17.8. The number of rotatable bonds is 6. The maximum Gasteiger partial charge on any atom is 0.413 e. The van der Waals surface area contributed by atoms with Crippen LogP contribution in [-0.4, -0.2) is 38.4 Å². The van der Waals surface area contributed by atoms with E-state index >= 15 is 4.39 Å².